The lowest BCUT2D eigenvalue weighted by atomic mass is 9.81. The number of hydrogen-bond donors (Lipinski definition) is 2. The molecule has 2 saturated carbocycles. The van der Waals surface area contributed by atoms with Gasteiger partial charge in [-0.25, -0.2) is 4.99 Å². The second kappa shape index (κ2) is 14.6. The third-order valence-corrected chi connectivity index (χ3v) is 8.79. The number of carboxylic acids is 1. The predicted molar refractivity (Wildman–Crippen MR) is 166 cm³/mol. The molecule has 0 radical (unpaired) electrons. The molecule has 41 heavy (non-hydrogen) atoms. The average Bonchev–Trinajstić information content (AvgIpc) is 2.97. The maximum atomic E-state index is 13.5. The van der Waals surface area contributed by atoms with Gasteiger partial charge in [-0.05, 0) is 68.4 Å². The number of benzene rings is 2. The monoisotopic (exact) mass is 580 g/mol. The number of guanidine groups is 1. The van der Waals surface area contributed by atoms with E-state index in [9.17, 15) is 14.7 Å². The van der Waals surface area contributed by atoms with Crippen molar-refractivity contribution in [3.63, 3.8) is 0 Å². The van der Waals surface area contributed by atoms with Gasteiger partial charge >= 0.3 is 5.97 Å². The highest BCUT2D eigenvalue weighted by molar-refractivity contribution is 7.59. The Labute approximate surface area is 250 Å². The fourth-order valence-corrected chi connectivity index (χ4v) is 6.76. The highest BCUT2D eigenvalue weighted by Crippen LogP contribution is 2.37. The van der Waals surface area contributed by atoms with Crippen LogP contribution in [0, 0.1) is 5.92 Å². The van der Waals surface area contributed by atoms with Gasteiger partial charge in [-0.3, -0.25) is 9.59 Å². The van der Waals surface area contributed by atoms with Gasteiger partial charge in [0.2, 0.25) is 5.91 Å². The Balaban J connectivity index is 0.00000387. The molecule has 9 heteroatoms. The molecular formula is C32H44N4O4S. The molecule has 8 nitrogen and oxygen atoms in total. The first-order valence-corrected chi connectivity index (χ1v) is 15.0. The molecule has 2 fully saturated rings. The van der Waals surface area contributed by atoms with Crippen LogP contribution in [-0.2, 0) is 16.1 Å². The van der Waals surface area contributed by atoms with E-state index in [1.807, 2.05) is 48.5 Å². The van der Waals surface area contributed by atoms with Crippen molar-refractivity contribution < 1.29 is 19.4 Å². The Morgan fingerprint density at radius 3 is 2.34 bits per heavy atom. The van der Waals surface area contributed by atoms with Crippen molar-refractivity contribution in [3.8, 4) is 11.5 Å². The normalized spacial score (nSPS) is 18.4. The van der Waals surface area contributed by atoms with Gasteiger partial charge in [0.1, 0.15) is 18.0 Å². The first-order valence-electron chi connectivity index (χ1n) is 15.0. The number of aliphatic carboxylic acids is 1. The number of rotatable bonds is 10. The number of para-hydroxylation sites is 1. The van der Waals surface area contributed by atoms with Gasteiger partial charge in [0.25, 0.3) is 0 Å². The molecule has 1 atom stereocenters. The molecule has 1 amide bonds. The Morgan fingerprint density at radius 1 is 0.976 bits per heavy atom. The van der Waals surface area contributed by atoms with Crippen molar-refractivity contribution in [2.75, 3.05) is 6.54 Å². The minimum absolute atomic E-state index is 0. The zero-order valence-electron chi connectivity index (χ0n) is 23.8. The Bertz CT molecular complexity index is 1200. The van der Waals surface area contributed by atoms with Crippen molar-refractivity contribution >= 4 is 37.0 Å². The maximum absolute atomic E-state index is 13.5. The number of carboxylic acid groups (broad SMARTS) is 1. The lowest BCUT2D eigenvalue weighted by Crippen LogP contribution is -2.50. The van der Waals surface area contributed by atoms with Crippen molar-refractivity contribution in [1.29, 1.82) is 0 Å². The molecule has 0 bridgehead atoms. The molecule has 0 aromatic heterocycles. The quantitative estimate of drug-likeness (QED) is 0.340. The van der Waals surface area contributed by atoms with Crippen LogP contribution in [0.5, 0.6) is 11.5 Å². The highest BCUT2D eigenvalue weighted by atomic mass is 32.1. The summed E-state index contributed by atoms with van der Waals surface area (Å²) in [6.07, 6.45) is 11.8. The van der Waals surface area contributed by atoms with Crippen LogP contribution in [0.3, 0.4) is 0 Å². The molecular weight excluding hydrogens is 536 g/mol. The molecule has 5 rings (SSSR count). The summed E-state index contributed by atoms with van der Waals surface area (Å²) >= 11 is 0. The number of ether oxygens (including phenoxy) is 1. The Hall–Kier alpha value is -3.20. The summed E-state index contributed by atoms with van der Waals surface area (Å²) in [5.41, 5.74) is 8.47. The summed E-state index contributed by atoms with van der Waals surface area (Å²) in [4.78, 5) is 33.7. The van der Waals surface area contributed by atoms with Gasteiger partial charge in [-0.15, -0.1) is 0 Å². The fraction of sp³-hybridized carbons (Fsp3) is 0.531. The van der Waals surface area contributed by atoms with E-state index in [1.54, 1.807) is 4.90 Å². The molecule has 2 aromatic rings. The van der Waals surface area contributed by atoms with E-state index < -0.39 is 5.97 Å². The first-order chi connectivity index (χ1) is 19.5. The number of fused-ring (bicyclic) bond motifs is 1. The zero-order valence-corrected chi connectivity index (χ0v) is 24.8. The van der Waals surface area contributed by atoms with Crippen LogP contribution in [0.2, 0.25) is 0 Å². The molecule has 2 aromatic carbocycles. The van der Waals surface area contributed by atoms with E-state index in [2.05, 4.69) is 4.90 Å². The zero-order chi connectivity index (χ0) is 27.9. The van der Waals surface area contributed by atoms with Crippen molar-refractivity contribution in [1.82, 2.24) is 9.80 Å². The lowest BCUT2D eigenvalue weighted by Gasteiger charge is -2.41. The van der Waals surface area contributed by atoms with Gasteiger partial charge in [0.05, 0.1) is 5.69 Å². The Kier molecular flexibility index (Phi) is 11.0. The van der Waals surface area contributed by atoms with Crippen LogP contribution >= 0.6 is 13.5 Å². The van der Waals surface area contributed by atoms with Crippen molar-refractivity contribution in [3.05, 3.63) is 54.1 Å². The fourth-order valence-electron chi connectivity index (χ4n) is 6.76. The van der Waals surface area contributed by atoms with E-state index in [1.165, 1.54) is 19.3 Å². The van der Waals surface area contributed by atoms with Gasteiger partial charge in [0, 0.05) is 30.6 Å². The van der Waals surface area contributed by atoms with Gasteiger partial charge in [0.15, 0.2) is 5.96 Å². The smallest absolute Gasteiger partial charge is 0.323 e. The van der Waals surface area contributed by atoms with Crippen LogP contribution in [0.15, 0.2) is 53.5 Å². The average molecular weight is 581 g/mol. The minimum atomic E-state index is -0.944. The molecule has 0 spiro atoms. The third kappa shape index (κ3) is 7.97. The minimum Gasteiger partial charge on any atom is -0.480 e. The second-order valence-corrected chi connectivity index (χ2v) is 11.5. The van der Waals surface area contributed by atoms with E-state index in [0.717, 1.165) is 67.7 Å². The molecule has 1 aliphatic heterocycles. The number of carbonyl (C=O) groups excluding carboxylic acids is 1. The third-order valence-electron chi connectivity index (χ3n) is 8.79. The molecule has 0 saturated heterocycles. The molecule has 1 heterocycles. The van der Waals surface area contributed by atoms with E-state index >= 15 is 0 Å². The van der Waals surface area contributed by atoms with Crippen LogP contribution in [0.25, 0.3) is 0 Å². The standard InChI is InChI=1S/C32H42N4O4.H2S/c33-32-34-28-17-16-27(40-26-14-8-3-9-15-26)20-24(28)21-36(32)29(23-10-4-1-5-11-23)18-19-30(37)35(22-31(38)39)25-12-6-2-7-13-25;/h3,8-9,14-17,20,23,25,29H,1-2,4-7,10-13,18-19,21-22H2,(H2,33,34)(H,38,39);1H2/t29-;/m0./s1. The number of carbonyl (C=O) groups is 2. The second-order valence-electron chi connectivity index (χ2n) is 11.5. The Morgan fingerprint density at radius 2 is 1.66 bits per heavy atom. The largest absolute Gasteiger partial charge is 0.480 e. The summed E-state index contributed by atoms with van der Waals surface area (Å²) < 4.78 is 6.08. The molecule has 3 N–H and O–H groups in total. The summed E-state index contributed by atoms with van der Waals surface area (Å²) in [5.74, 6) is 1.44. The van der Waals surface area contributed by atoms with Crippen LogP contribution in [-0.4, -0.2) is 51.4 Å². The lowest BCUT2D eigenvalue weighted by molar-refractivity contribution is -0.147. The molecule has 2 aliphatic carbocycles. The number of nitrogens with zero attached hydrogens (tertiary/aromatic N) is 3. The SMILES string of the molecule is NC1=Nc2ccc(Oc3ccccc3)cc2CN1[C@@H](CCC(=O)N(CC(=O)O)C1CCCCC1)C1CCCCC1.S. The highest BCUT2D eigenvalue weighted by Gasteiger charge is 2.34. The number of nitrogens with two attached hydrogens (primary N) is 1. The molecule has 222 valence electrons. The van der Waals surface area contributed by atoms with E-state index in [4.69, 9.17) is 15.5 Å². The molecule has 3 aliphatic rings. The number of amides is 1. The van der Waals surface area contributed by atoms with Gasteiger partial charge in [-0.1, -0.05) is 56.7 Å². The van der Waals surface area contributed by atoms with Crippen LogP contribution in [0.1, 0.15) is 82.6 Å². The van der Waals surface area contributed by atoms with Gasteiger partial charge < -0.3 is 25.4 Å². The molecule has 0 unspecified atom stereocenters. The van der Waals surface area contributed by atoms with Crippen molar-refractivity contribution in [2.24, 2.45) is 16.6 Å². The number of hydrogen-bond acceptors (Lipinski definition) is 6. The summed E-state index contributed by atoms with van der Waals surface area (Å²) in [5, 5.41) is 9.55. The van der Waals surface area contributed by atoms with Crippen LogP contribution < -0.4 is 10.5 Å². The predicted octanol–water partition coefficient (Wildman–Crippen LogP) is 6.33. The summed E-state index contributed by atoms with van der Waals surface area (Å²) in [6, 6.07) is 15.7. The van der Waals surface area contributed by atoms with Crippen molar-refractivity contribution in [2.45, 2.75) is 95.7 Å². The maximum Gasteiger partial charge on any atom is 0.323 e. The van der Waals surface area contributed by atoms with Crippen LogP contribution in [0.4, 0.5) is 5.69 Å². The van der Waals surface area contributed by atoms with E-state index in [0.29, 0.717) is 31.3 Å². The summed E-state index contributed by atoms with van der Waals surface area (Å²) in [7, 11) is 0. The number of aliphatic imine (C=N–C) groups is 1. The van der Waals surface area contributed by atoms with E-state index in [-0.39, 0.29) is 38.0 Å². The topological polar surface area (TPSA) is 108 Å². The summed E-state index contributed by atoms with van der Waals surface area (Å²) in [6.45, 7) is 0.385. The van der Waals surface area contributed by atoms with Gasteiger partial charge in [-0.2, -0.15) is 13.5 Å². The first kappa shape index (κ1) is 30.8.